The first kappa shape index (κ1) is 6.98. The van der Waals surface area contributed by atoms with Gasteiger partial charge in [0.1, 0.15) is 6.67 Å². The minimum Gasteiger partial charge on any atom is -0.289 e. The first-order valence-electron chi connectivity index (χ1n) is 4.08. The van der Waals surface area contributed by atoms with Crippen molar-refractivity contribution in [2.45, 2.75) is 19.9 Å². The number of rotatable bonds is 1. The molecule has 3 heteroatoms. The van der Waals surface area contributed by atoms with Crippen molar-refractivity contribution in [2.75, 3.05) is 19.8 Å². The molecule has 11 heavy (non-hydrogen) atoms. The normalized spacial score (nSPS) is 23.9. The van der Waals surface area contributed by atoms with Crippen LogP contribution in [0, 0.1) is 0 Å². The van der Waals surface area contributed by atoms with Gasteiger partial charge in [0.25, 0.3) is 0 Å². The van der Waals surface area contributed by atoms with Crippen molar-refractivity contribution in [3.05, 3.63) is 0 Å². The van der Waals surface area contributed by atoms with Crippen molar-refractivity contribution >= 4 is 11.4 Å². The Kier molecular flexibility index (Phi) is 1.53. The summed E-state index contributed by atoms with van der Waals surface area (Å²) in [7, 11) is 0. The summed E-state index contributed by atoms with van der Waals surface area (Å²) in [6.45, 7) is 7.12. The van der Waals surface area contributed by atoms with Gasteiger partial charge in [-0.2, -0.15) is 0 Å². The van der Waals surface area contributed by atoms with Gasteiger partial charge in [0.05, 0.1) is 11.4 Å². The Labute approximate surface area is 66.8 Å². The second kappa shape index (κ2) is 2.41. The van der Waals surface area contributed by atoms with Crippen LogP contribution in [-0.2, 0) is 0 Å². The van der Waals surface area contributed by atoms with Gasteiger partial charge in [-0.1, -0.05) is 0 Å². The van der Waals surface area contributed by atoms with E-state index in [4.69, 9.17) is 0 Å². The fourth-order valence-corrected chi connectivity index (χ4v) is 1.48. The van der Waals surface area contributed by atoms with Gasteiger partial charge in [-0.3, -0.25) is 14.9 Å². The fourth-order valence-electron chi connectivity index (χ4n) is 1.48. The molecule has 0 spiro atoms. The number of likely N-dealkylation sites (tertiary alicyclic amines) is 1. The highest BCUT2D eigenvalue weighted by atomic mass is 15.2. The molecular weight excluding hydrogens is 138 g/mol. The zero-order chi connectivity index (χ0) is 7.84. The van der Waals surface area contributed by atoms with Crippen LogP contribution in [0.15, 0.2) is 9.98 Å². The zero-order valence-corrected chi connectivity index (χ0v) is 7.04. The summed E-state index contributed by atoms with van der Waals surface area (Å²) in [6, 6.07) is 0.617. The number of hydrogen-bond acceptors (Lipinski definition) is 3. The smallest absolute Gasteiger partial charge is 0.130 e. The van der Waals surface area contributed by atoms with Gasteiger partial charge in [-0.15, -0.1) is 0 Å². The Hall–Kier alpha value is -0.700. The molecule has 0 aromatic heterocycles. The zero-order valence-electron chi connectivity index (χ0n) is 7.04. The molecule has 0 aromatic rings. The molecule has 0 unspecified atom stereocenters. The van der Waals surface area contributed by atoms with Gasteiger partial charge < -0.3 is 0 Å². The molecule has 60 valence electrons. The Morgan fingerprint density at radius 2 is 1.73 bits per heavy atom. The van der Waals surface area contributed by atoms with E-state index < -0.39 is 0 Å². The van der Waals surface area contributed by atoms with E-state index in [1.165, 1.54) is 11.4 Å². The number of hydrogen-bond donors (Lipinski definition) is 0. The van der Waals surface area contributed by atoms with Crippen LogP contribution in [0.3, 0.4) is 0 Å². The van der Waals surface area contributed by atoms with Crippen molar-refractivity contribution in [3.63, 3.8) is 0 Å². The molecule has 0 aliphatic carbocycles. The van der Waals surface area contributed by atoms with Crippen molar-refractivity contribution in [3.8, 4) is 0 Å². The lowest BCUT2D eigenvalue weighted by atomic mass is 10.3. The fraction of sp³-hybridized carbons (Fsp3) is 0.750. The van der Waals surface area contributed by atoms with E-state index in [1.54, 1.807) is 0 Å². The van der Waals surface area contributed by atoms with E-state index in [0.29, 0.717) is 12.7 Å². The van der Waals surface area contributed by atoms with E-state index in [0.717, 1.165) is 13.1 Å². The lowest BCUT2D eigenvalue weighted by molar-refractivity contribution is 0.301. The summed E-state index contributed by atoms with van der Waals surface area (Å²) in [6.07, 6.45) is 0. The minimum absolute atomic E-state index is 0.617. The Bertz CT molecular complexity index is 207. The molecule has 2 rings (SSSR count). The summed E-state index contributed by atoms with van der Waals surface area (Å²) in [4.78, 5) is 11.0. The summed E-state index contributed by atoms with van der Waals surface area (Å²) < 4.78 is 0. The molecule has 0 amide bonds. The van der Waals surface area contributed by atoms with Crippen LogP contribution in [0.25, 0.3) is 0 Å². The van der Waals surface area contributed by atoms with Gasteiger partial charge in [0.2, 0.25) is 0 Å². The van der Waals surface area contributed by atoms with Gasteiger partial charge in [-0.05, 0) is 13.8 Å². The molecular formula is C8H13N3. The quantitative estimate of drug-likeness (QED) is 0.538. The molecule has 0 aromatic carbocycles. The number of aliphatic imine (C=N–C) groups is 2. The van der Waals surface area contributed by atoms with Crippen LogP contribution in [0.1, 0.15) is 13.8 Å². The van der Waals surface area contributed by atoms with Crippen LogP contribution in [0.4, 0.5) is 0 Å². The molecule has 2 aliphatic heterocycles. The lowest BCUT2D eigenvalue weighted by Crippen LogP contribution is -2.28. The highest BCUT2D eigenvalue weighted by Crippen LogP contribution is 2.11. The van der Waals surface area contributed by atoms with E-state index in [9.17, 15) is 0 Å². The number of fused-ring (bicyclic) bond motifs is 1. The summed E-state index contributed by atoms with van der Waals surface area (Å²) in [5.74, 6) is 0. The predicted molar refractivity (Wildman–Crippen MR) is 46.4 cm³/mol. The lowest BCUT2D eigenvalue weighted by Gasteiger charge is -2.17. The van der Waals surface area contributed by atoms with Crippen molar-refractivity contribution < 1.29 is 0 Å². The topological polar surface area (TPSA) is 28.0 Å². The van der Waals surface area contributed by atoms with Gasteiger partial charge >= 0.3 is 0 Å². The van der Waals surface area contributed by atoms with Crippen molar-refractivity contribution in [1.29, 1.82) is 0 Å². The van der Waals surface area contributed by atoms with Crippen LogP contribution in [0.2, 0.25) is 0 Å². The minimum atomic E-state index is 0.617. The maximum Gasteiger partial charge on any atom is 0.130 e. The SMILES string of the molecule is CC(C)N1CC2=NCN=C2C1. The van der Waals surface area contributed by atoms with Gasteiger partial charge in [0, 0.05) is 19.1 Å². The maximum absolute atomic E-state index is 4.30. The molecule has 2 aliphatic rings. The molecule has 0 N–H and O–H groups in total. The standard InChI is InChI=1S/C8H13N3/c1-6(2)11-3-7-8(4-11)10-5-9-7/h6H,3-5H2,1-2H3. The van der Waals surface area contributed by atoms with Crippen LogP contribution >= 0.6 is 0 Å². The third-order valence-electron chi connectivity index (χ3n) is 2.29. The van der Waals surface area contributed by atoms with Gasteiger partial charge in [0.15, 0.2) is 0 Å². The second-order valence-corrected chi connectivity index (χ2v) is 3.35. The molecule has 0 atom stereocenters. The highest BCUT2D eigenvalue weighted by molar-refractivity contribution is 6.46. The molecule has 3 nitrogen and oxygen atoms in total. The highest BCUT2D eigenvalue weighted by Gasteiger charge is 2.27. The largest absolute Gasteiger partial charge is 0.289 e. The van der Waals surface area contributed by atoms with Crippen LogP contribution in [-0.4, -0.2) is 42.1 Å². The molecule has 0 bridgehead atoms. The van der Waals surface area contributed by atoms with E-state index >= 15 is 0 Å². The van der Waals surface area contributed by atoms with E-state index in [-0.39, 0.29) is 0 Å². The van der Waals surface area contributed by atoms with Gasteiger partial charge in [-0.25, -0.2) is 0 Å². The maximum atomic E-state index is 4.30. The Morgan fingerprint density at radius 3 is 2.18 bits per heavy atom. The average molecular weight is 151 g/mol. The van der Waals surface area contributed by atoms with E-state index in [2.05, 4.69) is 28.7 Å². The monoisotopic (exact) mass is 151 g/mol. The third kappa shape index (κ3) is 1.09. The Morgan fingerprint density at radius 1 is 1.18 bits per heavy atom. The first-order valence-corrected chi connectivity index (χ1v) is 4.08. The first-order chi connectivity index (χ1) is 5.27. The summed E-state index contributed by atoms with van der Waals surface area (Å²) in [5, 5.41) is 0. The Balaban J connectivity index is 2.11. The molecule has 1 fully saturated rings. The average Bonchev–Trinajstić information content (AvgIpc) is 2.40. The van der Waals surface area contributed by atoms with Crippen LogP contribution in [0.5, 0.6) is 0 Å². The summed E-state index contributed by atoms with van der Waals surface area (Å²) in [5.41, 5.74) is 2.44. The predicted octanol–water partition coefficient (Wildman–Crippen LogP) is 0.564. The number of nitrogens with zero attached hydrogens (tertiary/aromatic N) is 3. The van der Waals surface area contributed by atoms with Crippen LogP contribution < -0.4 is 0 Å². The third-order valence-corrected chi connectivity index (χ3v) is 2.29. The van der Waals surface area contributed by atoms with E-state index in [1.807, 2.05) is 0 Å². The molecule has 2 heterocycles. The molecule has 1 saturated heterocycles. The van der Waals surface area contributed by atoms with Crippen molar-refractivity contribution in [2.24, 2.45) is 9.98 Å². The summed E-state index contributed by atoms with van der Waals surface area (Å²) >= 11 is 0. The second-order valence-electron chi connectivity index (χ2n) is 3.35. The molecule has 0 radical (unpaired) electrons. The molecule has 0 saturated carbocycles. The van der Waals surface area contributed by atoms with Crippen molar-refractivity contribution in [1.82, 2.24) is 4.90 Å².